The minimum atomic E-state index is -0.571. The Bertz CT molecular complexity index is 886. The summed E-state index contributed by atoms with van der Waals surface area (Å²) in [6.45, 7) is 4.48. The van der Waals surface area contributed by atoms with E-state index in [0.29, 0.717) is 13.0 Å². The number of carbonyl (C=O) groups excluding carboxylic acids is 1. The van der Waals surface area contributed by atoms with Crippen molar-refractivity contribution in [1.29, 1.82) is 0 Å². The zero-order valence-electron chi connectivity index (χ0n) is 15.2. The first kappa shape index (κ1) is 18.6. The highest BCUT2D eigenvalue weighted by Crippen LogP contribution is 2.32. The SMILES string of the molecule is C=C/C(=C\N=CN)c1ccc2c(c1)N(C(=O)[C@@H](N)Cc1ccccc1)CC2. The van der Waals surface area contributed by atoms with E-state index in [1.807, 2.05) is 48.5 Å². The van der Waals surface area contributed by atoms with Gasteiger partial charge in [0.2, 0.25) is 5.91 Å². The second-order valence-corrected chi connectivity index (χ2v) is 6.47. The van der Waals surface area contributed by atoms with Crippen LogP contribution in [0.3, 0.4) is 0 Å². The largest absolute Gasteiger partial charge is 0.390 e. The molecule has 0 aromatic heterocycles. The van der Waals surface area contributed by atoms with Crippen LogP contribution < -0.4 is 16.4 Å². The van der Waals surface area contributed by atoms with Crippen molar-refractivity contribution in [3.63, 3.8) is 0 Å². The van der Waals surface area contributed by atoms with E-state index in [-0.39, 0.29) is 5.91 Å². The van der Waals surface area contributed by atoms with Gasteiger partial charge in [-0.3, -0.25) is 4.79 Å². The minimum absolute atomic E-state index is 0.0566. The maximum Gasteiger partial charge on any atom is 0.244 e. The number of allylic oxidation sites excluding steroid dienone is 2. The molecule has 0 saturated heterocycles. The van der Waals surface area contributed by atoms with Crippen molar-refractivity contribution in [3.05, 3.63) is 84.1 Å². The molecule has 138 valence electrons. The fraction of sp³-hybridized carbons (Fsp3) is 0.182. The lowest BCUT2D eigenvalue weighted by atomic mass is 10.0. The quantitative estimate of drug-likeness (QED) is 0.472. The summed E-state index contributed by atoms with van der Waals surface area (Å²) in [4.78, 5) is 18.7. The van der Waals surface area contributed by atoms with Crippen molar-refractivity contribution in [2.24, 2.45) is 16.5 Å². The second-order valence-electron chi connectivity index (χ2n) is 6.47. The van der Waals surface area contributed by atoms with Gasteiger partial charge in [-0.15, -0.1) is 0 Å². The van der Waals surface area contributed by atoms with E-state index in [4.69, 9.17) is 11.5 Å². The maximum atomic E-state index is 13.0. The highest BCUT2D eigenvalue weighted by Gasteiger charge is 2.28. The highest BCUT2D eigenvalue weighted by molar-refractivity contribution is 5.99. The number of hydrogen-bond acceptors (Lipinski definition) is 3. The molecule has 5 nitrogen and oxygen atoms in total. The van der Waals surface area contributed by atoms with Gasteiger partial charge in [0.25, 0.3) is 0 Å². The smallest absolute Gasteiger partial charge is 0.244 e. The minimum Gasteiger partial charge on any atom is -0.390 e. The molecule has 1 amide bonds. The molecule has 5 heteroatoms. The molecule has 1 atom stereocenters. The molecule has 0 saturated carbocycles. The summed E-state index contributed by atoms with van der Waals surface area (Å²) >= 11 is 0. The first-order valence-corrected chi connectivity index (χ1v) is 8.94. The molecule has 0 spiro atoms. The van der Waals surface area contributed by atoms with Crippen LogP contribution in [0.25, 0.3) is 5.57 Å². The standard InChI is InChI=1S/C22H24N4O/c1-2-17(14-25-15-23)19-9-8-18-10-11-26(21(18)13-19)22(27)20(24)12-16-6-4-3-5-7-16/h2-9,13-15,20H,1,10-12,24H2,(H2,23,25)/b17-14+/t20-/m0/s1. The lowest BCUT2D eigenvalue weighted by molar-refractivity contribution is -0.119. The summed E-state index contributed by atoms with van der Waals surface area (Å²) in [7, 11) is 0. The lowest BCUT2D eigenvalue weighted by Crippen LogP contribution is -2.44. The van der Waals surface area contributed by atoms with E-state index in [0.717, 1.165) is 34.4 Å². The van der Waals surface area contributed by atoms with Crippen LogP contribution in [0, 0.1) is 0 Å². The molecule has 4 N–H and O–H groups in total. The Morgan fingerprint density at radius 2 is 2.04 bits per heavy atom. The Kier molecular flexibility index (Phi) is 5.84. The van der Waals surface area contributed by atoms with Crippen LogP contribution in [0.1, 0.15) is 16.7 Å². The summed E-state index contributed by atoms with van der Waals surface area (Å²) in [5.74, 6) is -0.0566. The molecular weight excluding hydrogens is 336 g/mol. The molecule has 27 heavy (non-hydrogen) atoms. The predicted molar refractivity (Wildman–Crippen MR) is 111 cm³/mol. The number of nitrogens with two attached hydrogens (primary N) is 2. The Labute approximate surface area is 159 Å². The summed E-state index contributed by atoms with van der Waals surface area (Å²) in [6.07, 6.45) is 5.95. The van der Waals surface area contributed by atoms with E-state index < -0.39 is 6.04 Å². The van der Waals surface area contributed by atoms with Gasteiger partial charge in [0, 0.05) is 18.4 Å². The number of rotatable bonds is 6. The number of amides is 1. The van der Waals surface area contributed by atoms with Gasteiger partial charge in [-0.25, -0.2) is 4.99 Å². The van der Waals surface area contributed by atoms with Gasteiger partial charge in [0.15, 0.2) is 0 Å². The summed E-state index contributed by atoms with van der Waals surface area (Å²) in [5, 5.41) is 0. The van der Waals surface area contributed by atoms with Gasteiger partial charge in [0.1, 0.15) is 0 Å². The Balaban J connectivity index is 1.83. The maximum absolute atomic E-state index is 13.0. The van der Waals surface area contributed by atoms with E-state index in [9.17, 15) is 4.79 Å². The van der Waals surface area contributed by atoms with Gasteiger partial charge in [-0.05, 0) is 41.2 Å². The molecule has 0 aliphatic carbocycles. The molecule has 0 bridgehead atoms. The molecule has 0 radical (unpaired) electrons. The van der Waals surface area contributed by atoms with Gasteiger partial charge < -0.3 is 16.4 Å². The van der Waals surface area contributed by atoms with Crippen LogP contribution in [0.15, 0.2) is 72.4 Å². The highest BCUT2D eigenvalue weighted by atomic mass is 16.2. The van der Waals surface area contributed by atoms with Crippen molar-refractivity contribution >= 4 is 23.5 Å². The van der Waals surface area contributed by atoms with Crippen LogP contribution in [0.4, 0.5) is 5.69 Å². The number of anilines is 1. The van der Waals surface area contributed by atoms with Crippen LogP contribution >= 0.6 is 0 Å². The molecule has 2 aromatic carbocycles. The van der Waals surface area contributed by atoms with Crippen molar-refractivity contribution in [2.75, 3.05) is 11.4 Å². The van der Waals surface area contributed by atoms with Gasteiger partial charge in [0.05, 0.1) is 12.4 Å². The molecule has 3 rings (SSSR count). The first-order chi connectivity index (χ1) is 13.1. The first-order valence-electron chi connectivity index (χ1n) is 8.94. The van der Waals surface area contributed by atoms with Gasteiger partial charge in [-0.1, -0.05) is 55.1 Å². The van der Waals surface area contributed by atoms with Gasteiger partial charge in [-0.2, -0.15) is 0 Å². The summed E-state index contributed by atoms with van der Waals surface area (Å²) in [5.41, 5.74) is 16.4. The Morgan fingerprint density at radius 1 is 1.26 bits per heavy atom. The number of aliphatic imine (C=N–C) groups is 1. The number of fused-ring (bicyclic) bond motifs is 1. The van der Waals surface area contributed by atoms with E-state index in [2.05, 4.69) is 11.6 Å². The van der Waals surface area contributed by atoms with Crippen LogP contribution in [0.2, 0.25) is 0 Å². The number of nitrogens with zero attached hydrogens (tertiary/aromatic N) is 2. The molecule has 0 unspecified atom stereocenters. The van der Waals surface area contributed by atoms with Crippen molar-refractivity contribution in [3.8, 4) is 0 Å². The third-order valence-corrected chi connectivity index (χ3v) is 4.72. The molecule has 1 aliphatic heterocycles. The van der Waals surface area contributed by atoms with Gasteiger partial charge >= 0.3 is 0 Å². The Hall–Kier alpha value is -3.18. The summed E-state index contributed by atoms with van der Waals surface area (Å²) < 4.78 is 0. The number of benzene rings is 2. The molecular formula is C22H24N4O. The Morgan fingerprint density at radius 3 is 2.74 bits per heavy atom. The zero-order valence-corrected chi connectivity index (χ0v) is 15.2. The van der Waals surface area contributed by atoms with Crippen LogP contribution in [-0.4, -0.2) is 24.8 Å². The monoisotopic (exact) mass is 360 g/mol. The fourth-order valence-corrected chi connectivity index (χ4v) is 3.31. The van der Waals surface area contributed by atoms with Crippen LogP contribution in [0.5, 0.6) is 0 Å². The van der Waals surface area contributed by atoms with Crippen molar-refractivity contribution in [2.45, 2.75) is 18.9 Å². The van der Waals surface area contributed by atoms with Crippen LogP contribution in [-0.2, 0) is 17.6 Å². The number of carbonyl (C=O) groups is 1. The predicted octanol–water partition coefficient (Wildman–Crippen LogP) is 2.66. The molecule has 0 fully saturated rings. The van der Waals surface area contributed by atoms with E-state index >= 15 is 0 Å². The fourth-order valence-electron chi connectivity index (χ4n) is 3.31. The third kappa shape index (κ3) is 4.15. The van der Waals surface area contributed by atoms with Crippen molar-refractivity contribution < 1.29 is 4.79 Å². The molecule has 2 aromatic rings. The number of hydrogen-bond donors (Lipinski definition) is 2. The molecule has 1 heterocycles. The topological polar surface area (TPSA) is 84.7 Å². The normalized spacial score (nSPS) is 15.0. The average Bonchev–Trinajstić information content (AvgIpc) is 3.12. The average molecular weight is 360 g/mol. The zero-order chi connectivity index (χ0) is 19.2. The van der Waals surface area contributed by atoms with E-state index in [1.165, 1.54) is 6.34 Å². The van der Waals surface area contributed by atoms with E-state index in [1.54, 1.807) is 17.2 Å². The second kappa shape index (κ2) is 8.47. The van der Waals surface area contributed by atoms with Crippen molar-refractivity contribution in [1.82, 2.24) is 0 Å². The summed E-state index contributed by atoms with van der Waals surface area (Å²) in [6, 6.07) is 15.3. The molecule has 1 aliphatic rings. The lowest BCUT2D eigenvalue weighted by Gasteiger charge is -2.22. The third-order valence-electron chi connectivity index (χ3n) is 4.72.